The fourth-order valence-electron chi connectivity index (χ4n) is 6.51. The Morgan fingerprint density at radius 2 is 0.674 bits per heavy atom. The Kier molecular flexibility index (Phi) is 11.9. The second kappa shape index (κ2) is 15.4. The highest BCUT2D eigenvalue weighted by atomic mass is 16.5. The standard InChI is InChI=1S/C36H40N2O8/c1-9-23-24(10-2)26(12-4)34-28(14-38)36-32(18-46-22(8)42)30(16-44-20(6)40)29(15-43-19(5)39)31(17-45-21(7)41)35(36)27(13-37)33(34)25(23)11-3/h9-12,15-18H2,1-8H3. The van der Waals surface area contributed by atoms with Crippen molar-refractivity contribution in [3.8, 4) is 12.1 Å². The number of aryl methyl sites for hydroxylation is 2. The summed E-state index contributed by atoms with van der Waals surface area (Å²) in [6.07, 6.45) is 2.62. The van der Waals surface area contributed by atoms with Crippen LogP contribution in [0.5, 0.6) is 0 Å². The molecule has 0 bridgehead atoms. The molecule has 10 heteroatoms. The Morgan fingerprint density at radius 3 is 0.891 bits per heavy atom. The molecule has 0 heterocycles. The number of hydrogen-bond acceptors (Lipinski definition) is 10. The fraction of sp³-hybridized carbons (Fsp3) is 0.444. The van der Waals surface area contributed by atoms with Gasteiger partial charge in [0.1, 0.15) is 38.6 Å². The minimum Gasteiger partial charge on any atom is -0.461 e. The quantitative estimate of drug-likeness (QED) is 0.128. The number of nitrogens with zero attached hydrogens (tertiary/aromatic N) is 2. The zero-order chi connectivity index (χ0) is 34.3. The second-order valence-corrected chi connectivity index (χ2v) is 10.8. The third-order valence-electron chi connectivity index (χ3n) is 8.21. The van der Waals surface area contributed by atoms with Gasteiger partial charge in [-0.2, -0.15) is 10.5 Å². The first-order valence-corrected chi connectivity index (χ1v) is 15.4. The van der Waals surface area contributed by atoms with Gasteiger partial charge in [-0.05, 0) is 47.9 Å². The Hall–Kier alpha value is -4.96. The van der Waals surface area contributed by atoms with Crippen molar-refractivity contribution in [3.05, 3.63) is 55.6 Å². The monoisotopic (exact) mass is 628 g/mol. The van der Waals surface area contributed by atoms with Gasteiger partial charge in [0.05, 0.1) is 11.1 Å². The number of benzene rings is 3. The van der Waals surface area contributed by atoms with Crippen LogP contribution in [0.3, 0.4) is 0 Å². The van der Waals surface area contributed by atoms with Crippen molar-refractivity contribution in [3.63, 3.8) is 0 Å². The van der Waals surface area contributed by atoms with Crippen molar-refractivity contribution >= 4 is 45.4 Å². The van der Waals surface area contributed by atoms with E-state index in [0.29, 0.717) is 56.6 Å². The molecule has 46 heavy (non-hydrogen) atoms. The molecule has 0 aromatic heterocycles. The maximum atomic E-state index is 12.2. The summed E-state index contributed by atoms with van der Waals surface area (Å²) in [5.74, 6) is -2.40. The van der Waals surface area contributed by atoms with E-state index in [0.717, 1.165) is 35.1 Å². The molecule has 3 aromatic rings. The van der Waals surface area contributed by atoms with Crippen LogP contribution in [0.25, 0.3) is 21.5 Å². The summed E-state index contributed by atoms with van der Waals surface area (Å²) in [7, 11) is 0. The van der Waals surface area contributed by atoms with Crippen LogP contribution >= 0.6 is 0 Å². The average molecular weight is 629 g/mol. The van der Waals surface area contributed by atoms with E-state index in [1.54, 1.807) is 0 Å². The first-order chi connectivity index (χ1) is 21.9. The second-order valence-electron chi connectivity index (χ2n) is 10.8. The fourth-order valence-corrected chi connectivity index (χ4v) is 6.51. The molecule has 0 aliphatic rings. The van der Waals surface area contributed by atoms with E-state index in [1.165, 1.54) is 27.7 Å². The predicted octanol–water partition coefficient (Wildman–Crippen LogP) is 6.24. The van der Waals surface area contributed by atoms with Crippen LogP contribution < -0.4 is 0 Å². The molecular formula is C36H40N2O8. The minimum atomic E-state index is -0.601. The number of fused-ring (bicyclic) bond motifs is 2. The molecule has 0 saturated carbocycles. The Morgan fingerprint density at radius 1 is 0.435 bits per heavy atom. The smallest absolute Gasteiger partial charge is 0.302 e. The van der Waals surface area contributed by atoms with E-state index < -0.39 is 23.9 Å². The maximum absolute atomic E-state index is 12.2. The number of carbonyl (C=O) groups is 4. The van der Waals surface area contributed by atoms with Crippen LogP contribution in [0.4, 0.5) is 0 Å². The van der Waals surface area contributed by atoms with Crippen LogP contribution in [-0.2, 0) is 90.2 Å². The molecule has 0 spiro atoms. The van der Waals surface area contributed by atoms with E-state index in [4.69, 9.17) is 18.9 Å². The molecular weight excluding hydrogens is 588 g/mol. The van der Waals surface area contributed by atoms with Gasteiger partial charge in [-0.15, -0.1) is 0 Å². The normalized spacial score (nSPS) is 10.7. The summed E-state index contributed by atoms with van der Waals surface area (Å²) in [6.45, 7) is 11.8. The van der Waals surface area contributed by atoms with Crippen molar-refractivity contribution in [1.29, 1.82) is 10.5 Å². The average Bonchev–Trinajstić information content (AvgIpc) is 3.01. The van der Waals surface area contributed by atoms with Crippen LogP contribution in [0, 0.1) is 22.7 Å². The number of ether oxygens (including phenoxy) is 4. The first-order valence-electron chi connectivity index (χ1n) is 15.4. The lowest BCUT2D eigenvalue weighted by Crippen LogP contribution is -2.17. The van der Waals surface area contributed by atoms with Crippen molar-refractivity contribution in [2.75, 3.05) is 0 Å². The van der Waals surface area contributed by atoms with Gasteiger partial charge >= 0.3 is 23.9 Å². The SMILES string of the molecule is CCc1c(CC)c(CC)c2c(C#N)c3c(COC(C)=O)c(COC(C)=O)c(COC(C)=O)c(COC(C)=O)c3c(C#N)c2c1CC. The van der Waals surface area contributed by atoms with E-state index in [9.17, 15) is 29.7 Å². The summed E-state index contributed by atoms with van der Waals surface area (Å²) in [5, 5.41) is 23.9. The third-order valence-corrected chi connectivity index (χ3v) is 8.21. The van der Waals surface area contributed by atoms with Crippen LogP contribution in [-0.4, -0.2) is 23.9 Å². The predicted molar refractivity (Wildman–Crippen MR) is 170 cm³/mol. The largest absolute Gasteiger partial charge is 0.461 e. The molecule has 0 fully saturated rings. The molecule has 0 unspecified atom stereocenters. The summed E-state index contributed by atoms with van der Waals surface area (Å²) in [6, 6.07) is 4.82. The van der Waals surface area contributed by atoms with Crippen LogP contribution in [0.15, 0.2) is 0 Å². The Bertz CT molecular complexity index is 1690. The highest BCUT2D eigenvalue weighted by molar-refractivity contribution is 6.15. The lowest BCUT2D eigenvalue weighted by molar-refractivity contribution is -0.144. The number of carbonyl (C=O) groups excluding carboxylic acids is 4. The van der Waals surface area contributed by atoms with Gasteiger partial charge in [-0.25, -0.2) is 0 Å². The topological polar surface area (TPSA) is 153 Å². The number of rotatable bonds is 12. The van der Waals surface area contributed by atoms with Crippen molar-refractivity contribution in [1.82, 2.24) is 0 Å². The Balaban J connectivity index is 2.92. The van der Waals surface area contributed by atoms with Gasteiger partial charge in [0.25, 0.3) is 0 Å². The zero-order valence-corrected chi connectivity index (χ0v) is 27.8. The zero-order valence-electron chi connectivity index (χ0n) is 27.8. The Labute approximate surface area is 269 Å². The van der Waals surface area contributed by atoms with Crippen LogP contribution in [0.1, 0.15) is 111 Å². The van der Waals surface area contributed by atoms with E-state index in [-0.39, 0.29) is 37.6 Å². The molecule has 3 aromatic carbocycles. The third kappa shape index (κ3) is 6.82. The molecule has 0 radical (unpaired) electrons. The molecule has 242 valence electrons. The molecule has 3 rings (SSSR count). The van der Waals surface area contributed by atoms with Crippen molar-refractivity contribution in [2.24, 2.45) is 0 Å². The summed E-state index contributed by atoms with van der Waals surface area (Å²) >= 11 is 0. The molecule has 0 aliphatic carbocycles. The van der Waals surface area contributed by atoms with Crippen molar-refractivity contribution < 1.29 is 38.1 Å². The summed E-state index contributed by atoms with van der Waals surface area (Å²) < 4.78 is 21.9. The molecule has 0 amide bonds. The first kappa shape index (κ1) is 35.5. The van der Waals surface area contributed by atoms with Crippen LogP contribution in [0.2, 0.25) is 0 Å². The lowest BCUT2D eigenvalue weighted by atomic mass is 9.77. The summed E-state index contributed by atoms with van der Waals surface area (Å²) in [5.41, 5.74) is 5.98. The molecule has 10 nitrogen and oxygen atoms in total. The van der Waals surface area contributed by atoms with E-state index in [2.05, 4.69) is 26.0 Å². The molecule has 0 saturated heterocycles. The van der Waals surface area contributed by atoms with E-state index >= 15 is 0 Å². The van der Waals surface area contributed by atoms with Gasteiger partial charge < -0.3 is 18.9 Å². The highest BCUT2D eigenvalue weighted by Crippen LogP contribution is 2.45. The number of hydrogen-bond donors (Lipinski definition) is 0. The van der Waals surface area contributed by atoms with E-state index in [1.807, 2.05) is 13.8 Å². The number of nitriles is 2. The highest BCUT2D eigenvalue weighted by Gasteiger charge is 2.31. The minimum absolute atomic E-state index is 0.266. The summed E-state index contributed by atoms with van der Waals surface area (Å²) in [4.78, 5) is 48.4. The molecule has 0 N–H and O–H groups in total. The lowest BCUT2D eigenvalue weighted by Gasteiger charge is -2.27. The van der Waals surface area contributed by atoms with Gasteiger partial charge in [0.2, 0.25) is 0 Å². The van der Waals surface area contributed by atoms with Gasteiger partial charge in [0, 0.05) is 71.5 Å². The number of esters is 4. The van der Waals surface area contributed by atoms with Gasteiger partial charge in [-0.1, -0.05) is 27.7 Å². The van der Waals surface area contributed by atoms with Crippen molar-refractivity contribution in [2.45, 2.75) is 108 Å². The maximum Gasteiger partial charge on any atom is 0.302 e. The van der Waals surface area contributed by atoms with Gasteiger partial charge in [-0.3, -0.25) is 19.2 Å². The van der Waals surface area contributed by atoms with Gasteiger partial charge in [0.15, 0.2) is 0 Å². The molecule has 0 aliphatic heterocycles. The molecule has 0 atom stereocenters.